The molecule has 0 spiro atoms. The van der Waals surface area contributed by atoms with Gasteiger partial charge < -0.3 is 4.74 Å². The van der Waals surface area contributed by atoms with Crippen molar-refractivity contribution in [1.82, 2.24) is 0 Å². The van der Waals surface area contributed by atoms with Crippen LogP contribution >= 0.6 is 12.6 Å². The molecule has 0 N–H and O–H groups in total. The Morgan fingerprint density at radius 3 is 2.39 bits per heavy atom. The standard InChI is InChI=1S/C13H15F3OS/c14-13(15,16)10-4-1-2-5-11(10)17-8-12(9-18)6-3-7-12/h1-2,4-5,18H,3,6-9H2. The molecule has 0 atom stereocenters. The first-order valence-electron chi connectivity index (χ1n) is 5.87. The van der Waals surface area contributed by atoms with Crippen LogP contribution in [0.2, 0.25) is 0 Å². The van der Waals surface area contributed by atoms with Crippen molar-refractivity contribution in [3.63, 3.8) is 0 Å². The van der Waals surface area contributed by atoms with E-state index in [1.54, 1.807) is 6.07 Å². The summed E-state index contributed by atoms with van der Waals surface area (Å²) in [6.07, 6.45) is -1.31. The molecular formula is C13H15F3OS. The molecule has 0 saturated heterocycles. The van der Waals surface area contributed by atoms with Gasteiger partial charge in [-0.15, -0.1) is 0 Å². The quantitative estimate of drug-likeness (QED) is 0.811. The molecule has 1 aromatic rings. The first-order chi connectivity index (χ1) is 8.47. The number of thiol groups is 1. The molecule has 18 heavy (non-hydrogen) atoms. The summed E-state index contributed by atoms with van der Waals surface area (Å²) in [5.74, 6) is 0.569. The monoisotopic (exact) mass is 276 g/mol. The van der Waals surface area contributed by atoms with Crippen LogP contribution in [0, 0.1) is 5.41 Å². The van der Waals surface area contributed by atoms with Crippen molar-refractivity contribution >= 4 is 12.6 Å². The summed E-state index contributed by atoms with van der Waals surface area (Å²) in [5.41, 5.74) is -0.749. The van der Waals surface area contributed by atoms with Gasteiger partial charge in [-0.2, -0.15) is 25.8 Å². The van der Waals surface area contributed by atoms with Crippen LogP contribution in [0.25, 0.3) is 0 Å². The van der Waals surface area contributed by atoms with Gasteiger partial charge >= 0.3 is 6.18 Å². The number of ether oxygens (including phenoxy) is 1. The molecule has 1 nitrogen and oxygen atoms in total. The van der Waals surface area contributed by atoms with Crippen LogP contribution in [0.15, 0.2) is 24.3 Å². The first kappa shape index (κ1) is 13.6. The fourth-order valence-corrected chi connectivity index (χ4v) is 2.49. The van der Waals surface area contributed by atoms with Gasteiger partial charge in [0.25, 0.3) is 0 Å². The number of hydrogen-bond acceptors (Lipinski definition) is 2. The summed E-state index contributed by atoms with van der Waals surface area (Å²) in [6, 6.07) is 5.34. The van der Waals surface area contributed by atoms with Gasteiger partial charge in [-0.3, -0.25) is 0 Å². The van der Waals surface area contributed by atoms with Gasteiger partial charge in [0.1, 0.15) is 5.75 Å². The Labute approximate surface area is 110 Å². The summed E-state index contributed by atoms with van der Waals surface area (Å²) in [7, 11) is 0. The third-order valence-electron chi connectivity index (χ3n) is 3.48. The maximum Gasteiger partial charge on any atom is 0.419 e. The van der Waals surface area contributed by atoms with E-state index >= 15 is 0 Å². The number of alkyl halides is 3. The number of halogens is 3. The van der Waals surface area contributed by atoms with Crippen LogP contribution in [-0.2, 0) is 6.18 Å². The van der Waals surface area contributed by atoms with E-state index in [0.717, 1.165) is 25.3 Å². The van der Waals surface area contributed by atoms with Crippen LogP contribution in [-0.4, -0.2) is 12.4 Å². The molecule has 0 unspecified atom stereocenters. The molecular weight excluding hydrogens is 261 g/mol. The van der Waals surface area contributed by atoms with Crippen molar-refractivity contribution in [2.75, 3.05) is 12.4 Å². The van der Waals surface area contributed by atoms with Crippen LogP contribution in [0.4, 0.5) is 13.2 Å². The topological polar surface area (TPSA) is 9.23 Å². The molecule has 0 bridgehead atoms. The van der Waals surface area contributed by atoms with Crippen molar-refractivity contribution in [1.29, 1.82) is 0 Å². The Kier molecular flexibility index (Phi) is 3.80. The molecule has 1 saturated carbocycles. The lowest BCUT2D eigenvalue weighted by atomic mass is 9.71. The third-order valence-corrected chi connectivity index (χ3v) is 4.15. The zero-order valence-corrected chi connectivity index (χ0v) is 10.7. The minimum Gasteiger partial charge on any atom is -0.492 e. The van der Waals surface area contributed by atoms with Gasteiger partial charge in [-0.25, -0.2) is 0 Å². The van der Waals surface area contributed by atoms with E-state index in [1.165, 1.54) is 12.1 Å². The lowest BCUT2D eigenvalue weighted by Crippen LogP contribution is -2.37. The Hall–Kier alpha value is -0.840. The normalized spacial score (nSPS) is 18.2. The number of benzene rings is 1. The van der Waals surface area contributed by atoms with Crippen LogP contribution in [0.1, 0.15) is 24.8 Å². The minimum atomic E-state index is -4.37. The Morgan fingerprint density at radius 2 is 1.89 bits per heavy atom. The van der Waals surface area contributed by atoms with Crippen molar-refractivity contribution in [3.05, 3.63) is 29.8 Å². The summed E-state index contributed by atoms with van der Waals surface area (Å²) >= 11 is 4.26. The summed E-state index contributed by atoms with van der Waals surface area (Å²) in [5, 5.41) is 0. The van der Waals surface area contributed by atoms with E-state index in [-0.39, 0.29) is 11.2 Å². The largest absolute Gasteiger partial charge is 0.492 e. The van der Waals surface area contributed by atoms with Crippen molar-refractivity contribution in [2.45, 2.75) is 25.4 Å². The second kappa shape index (κ2) is 5.03. The van der Waals surface area contributed by atoms with Crippen molar-refractivity contribution in [3.8, 4) is 5.75 Å². The summed E-state index contributed by atoms with van der Waals surface area (Å²) in [6.45, 7) is 0.309. The Morgan fingerprint density at radius 1 is 1.22 bits per heavy atom. The molecule has 100 valence electrons. The van der Waals surface area contributed by atoms with Gasteiger partial charge in [-0.05, 0) is 30.7 Å². The van der Waals surface area contributed by atoms with Gasteiger partial charge in [-0.1, -0.05) is 18.6 Å². The second-order valence-corrected chi connectivity index (χ2v) is 5.11. The molecule has 1 fully saturated rings. The van der Waals surface area contributed by atoms with Crippen LogP contribution < -0.4 is 4.74 Å². The Bertz CT molecular complexity index is 407. The molecule has 0 aromatic heterocycles. The molecule has 0 amide bonds. The predicted octanol–water partition coefficient (Wildman–Crippen LogP) is 4.18. The third kappa shape index (κ3) is 2.76. The van der Waals surface area contributed by atoms with E-state index in [9.17, 15) is 13.2 Å². The second-order valence-electron chi connectivity index (χ2n) is 4.79. The number of rotatable bonds is 4. The van der Waals surface area contributed by atoms with Gasteiger partial charge in [0.05, 0.1) is 12.2 Å². The number of para-hydroxylation sites is 1. The highest BCUT2D eigenvalue weighted by Gasteiger charge is 2.38. The maximum absolute atomic E-state index is 12.8. The summed E-state index contributed by atoms with van der Waals surface area (Å²) in [4.78, 5) is 0. The van der Waals surface area contributed by atoms with Crippen LogP contribution in [0.5, 0.6) is 5.75 Å². The average Bonchev–Trinajstić information content (AvgIpc) is 2.27. The van der Waals surface area contributed by atoms with Crippen LogP contribution in [0.3, 0.4) is 0 Å². The van der Waals surface area contributed by atoms with Crippen molar-refractivity contribution in [2.24, 2.45) is 5.41 Å². The molecule has 0 heterocycles. The zero-order chi connectivity index (χ0) is 13.2. The fraction of sp³-hybridized carbons (Fsp3) is 0.538. The highest BCUT2D eigenvalue weighted by atomic mass is 32.1. The van der Waals surface area contributed by atoms with Gasteiger partial charge in [0.2, 0.25) is 0 Å². The molecule has 0 radical (unpaired) electrons. The van der Waals surface area contributed by atoms with Gasteiger partial charge in [0.15, 0.2) is 0 Å². The Balaban J connectivity index is 2.10. The lowest BCUT2D eigenvalue weighted by Gasteiger charge is -2.40. The first-order valence-corrected chi connectivity index (χ1v) is 6.50. The van der Waals surface area contributed by atoms with E-state index in [0.29, 0.717) is 12.4 Å². The van der Waals surface area contributed by atoms with E-state index in [1.807, 2.05) is 0 Å². The van der Waals surface area contributed by atoms with E-state index in [4.69, 9.17) is 4.74 Å². The maximum atomic E-state index is 12.8. The number of hydrogen-bond donors (Lipinski definition) is 1. The highest BCUT2D eigenvalue weighted by Crippen LogP contribution is 2.43. The lowest BCUT2D eigenvalue weighted by molar-refractivity contribution is -0.139. The molecule has 1 aromatic carbocycles. The average molecular weight is 276 g/mol. The smallest absolute Gasteiger partial charge is 0.419 e. The zero-order valence-electron chi connectivity index (χ0n) is 9.83. The minimum absolute atomic E-state index is 0.0399. The SMILES string of the molecule is FC(F)(F)c1ccccc1OCC1(CS)CCC1. The molecule has 1 aliphatic carbocycles. The molecule has 1 aliphatic rings. The highest BCUT2D eigenvalue weighted by molar-refractivity contribution is 7.80. The molecule has 5 heteroatoms. The fourth-order valence-electron chi connectivity index (χ4n) is 2.08. The summed E-state index contributed by atoms with van der Waals surface area (Å²) < 4.78 is 43.6. The molecule has 2 rings (SSSR count). The van der Waals surface area contributed by atoms with Gasteiger partial charge in [0, 0.05) is 5.41 Å². The predicted molar refractivity (Wildman–Crippen MR) is 67.1 cm³/mol. The van der Waals surface area contributed by atoms with E-state index < -0.39 is 11.7 Å². The van der Waals surface area contributed by atoms with Crippen molar-refractivity contribution < 1.29 is 17.9 Å². The molecule has 0 aliphatic heterocycles. The van der Waals surface area contributed by atoms with E-state index in [2.05, 4.69) is 12.6 Å².